The summed E-state index contributed by atoms with van der Waals surface area (Å²) in [6.45, 7) is 1.55. The molecule has 2 heterocycles. The molecule has 3 nitrogen and oxygen atoms in total. The Kier molecular flexibility index (Phi) is 2.39. The van der Waals surface area contributed by atoms with Gasteiger partial charge in [0, 0.05) is 18.7 Å². The molecule has 1 fully saturated rings. The van der Waals surface area contributed by atoms with Crippen LogP contribution in [0.4, 0.5) is 0 Å². The van der Waals surface area contributed by atoms with Crippen molar-refractivity contribution in [1.29, 1.82) is 0 Å². The molecule has 0 saturated carbocycles. The quantitative estimate of drug-likeness (QED) is 0.750. The van der Waals surface area contributed by atoms with Gasteiger partial charge in [0.1, 0.15) is 0 Å². The van der Waals surface area contributed by atoms with Gasteiger partial charge >= 0.3 is 0 Å². The van der Waals surface area contributed by atoms with Crippen LogP contribution in [-0.4, -0.2) is 18.1 Å². The van der Waals surface area contributed by atoms with E-state index in [2.05, 4.69) is 4.98 Å². The molecular weight excluding hydrogens is 172 g/mol. The Balaban J connectivity index is 2.13. The van der Waals surface area contributed by atoms with Crippen LogP contribution >= 0.6 is 11.3 Å². The molecule has 12 heavy (non-hydrogen) atoms. The van der Waals surface area contributed by atoms with Crippen molar-refractivity contribution >= 4 is 11.3 Å². The first-order valence-corrected chi connectivity index (χ1v) is 5.00. The largest absolute Gasteiger partial charge is 0.372 e. The number of nitrogens with two attached hydrogens (primary N) is 1. The monoisotopic (exact) mass is 184 g/mol. The predicted molar refractivity (Wildman–Crippen MR) is 48.0 cm³/mol. The fraction of sp³-hybridized carbons (Fsp3) is 0.625. The normalized spacial score (nSPS) is 29.4. The lowest BCUT2D eigenvalue weighted by Gasteiger charge is -2.13. The highest BCUT2D eigenvalue weighted by Gasteiger charge is 2.29. The van der Waals surface area contributed by atoms with E-state index in [-0.39, 0.29) is 6.10 Å². The second-order valence-corrected chi connectivity index (χ2v) is 3.90. The minimum atomic E-state index is 0.211. The average Bonchev–Trinajstić information content (AvgIpc) is 2.74. The van der Waals surface area contributed by atoms with Gasteiger partial charge in [-0.3, -0.25) is 4.98 Å². The Labute approximate surface area is 75.6 Å². The van der Waals surface area contributed by atoms with E-state index in [0.717, 1.165) is 13.0 Å². The van der Waals surface area contributed by atoms with Crippen molar-refractivity contribution < 1.29 is 4.74 Å². The van der Waals surface area contributed by atoms with Crippen LogP contribution in [0.2, 0.25) is 0 Å². The third-order valence-electron chi connectivity index (χ3n) is 2.25. The lowest BCUT2D eigenvalue weighted by molar-refractivity contribution is 0.0951. The minimum Gasteiger partial charge on any atom is -0.372 e. The Morgan fingerprint density at radius 1 is 1.75 bits per heavy atom. The van der Waals surface area contributed by atoms with Gasteiger partial charge in [-0.05, 0) is 13.0 Å². The summed E-state index contributed by atoms with van der Waals surface area (Å²) < 4.78 is 5.59. The third kappa shape index (κ3) is 1.37. The topological polar surface area (TPSA) is 48.1 Å². The van der Waals surface area contributed by atoms with Crippen LogP contribution < -0.4 is 5.73 Å². The zero-order valence-electron chi connectivity index (χ0n) is 6.77. The van der Waals surface area contributed by atoms with Crippen LogP contribution in [0, 0.1) is 5.92 Å². The molecule has 1 aliphatic heterocycles. The molecule has 0 bridgehead atoms. The van der Waals surface area contributed by atoms with Crippen molar-refractivity contribution in [3.8, 4) is 0 Å². The molecule has 1 saturated heterocycles. The van der Waals surface area contributed by atoms with Gasteiger partial charge in [0.2, 0.25) is 0 Å². The number of thiazole rings is 1. The van der Waals surface area contributed by atoms with Gasteiger partial charge in [0.25, 0.3) is 0 Å². The van der Waals surface area contributed by atoms with Gasteiger partial charge in [-0.25, -0.2) is 0 Å². The molecule has 0 spiro atoms. The maximum absolute atomic E-state index is 5.63. The van der Waals surface area contributed by atoms with Crippen LogP contribution in [0.5, 0.6) is 0 Å². The zero-order valence-corrected chi connectivity index (χ0v) is 7.59. The average molecular weight is 184 g/mol. The first-order chi connectivity index (χ1) is 5.92. The predicted octanol–water partition coefficient (Wildman–Crippen LogP) is 1.18. The van der Waals surface area contributed by atoms with Gasteiger partial charge in [0.15, 0.2) is 0 Å². The van der Waals surface area contributed by atoms with Crippen molar-refractivity contribution in [3.05, 3.63) is 16.6 Å². The van der Waals surface area contributed by atoms with Crippen LogP contribution in [0.25, 0.3) is 0 Å². The second-order valence-electron chi connectivity index (χ2n) is 2.98. The maximum Gasteiger partial charge on any atom is 0.0973 e. The summed E-state index contributed by atoms with van der Waals surface area (Å²) in [7, 11) is 0. The van der Waals surface area contributed by atoms with E-state index in [9.17, 15) is 0 Å². The second kappa shape index (κ2) is 3.51. The molecule has 66 valence electrons. The fourth-order valence-corrected chi connectivity index (χ4v) is 2.32. The third-order valence-corrected chi connectivity index (χ3v) is 3.09. The van der Waals surface area contributed by atoms with Gasteiger partial charge in [-0.15, -0.1) is 11.3 Å². The number of rotatable bonds is 2. The fourth-order valence-electron chi connectivity index (χ4n) is 1.56. The highest BCUT2D eigenvalue weighted by molar-refractivity contribution is 7.09. The highest BCUT2D eigenvalue weighted by atomic mass is 32.1. The van der Waals surface area contributed by atoms with Crippen LogP contribution in [0.15, 0.2) is 11.7 Å². The molecule has 4 heteroatoms. The van der Waals surface area contributed by atoms with Gasteiger partial charge in [-0.1, -0.05) is 0 Å². The Bertz CT molecular complexity index is 237. The first-order valence-electron chi connectivity index (χ1n) is 4.12. The van der Waals surface area contributed by atoms with Crippen LogP contribution in [0.3, 0.4) is 0 Å². The lowest BCUT2D eigenvalue weighted by atomic mass is 10.0. The number of hydrogen-bond donors (Lipinski definition) is 1. The van der Waals surface area contributed by atoms with Gasteiger partial charge in [-0.2, -0.15) is 0 Å². The standard InChI is InChI=1S/C8H12N2OS/c9-3-6-1-2-11-8(6)7-4-10-5-12-7/h4-6,8H,1-3,9H2. The highest BCUT2D eigenvalue weighted by Crippen LogP contribution is 2.35. The van der Waals surface area contributed by atoms with Gasteiger partial charge in [0.05, 0.1) is 16.5 Å². The van der Waals surface area contributed by atoms with Crippen molar-refractivity contribution in [2.24, 2.45) is 11.7 Å². The molecule has 1 aromatic rings. The smallest absolute Gasteiger partial charge is 0.0973 e. The van der Waals surface area contributed by atoms with E-state index >= 15 is 0 Å². The molecule has 0 amide bonds. The Hall–Kier alpha value is -0.450. The number of aromatic nitrogens is 1. The summed E-state index contributed by atoms with van der Waals surface area (Å²) in [4.78, 5) is 5.24. The van der Waals surface area contributed by atoms with Crippen LogP contribution in [-0.2, 0) is 4.74 Å². The Morgan fingerprint density at radius 3 is 3.33 bits per heavy atom. The van der Waals surface area contributed by atoms with Gasteiger partial charge < -0.3 is 10.5 Å². The minimum absolute atomic E-state index is 0.211. The SMILES string of the molecule is NCC1CCOC1c1cncs1. The Morgan fingerprint density at radius 2 is 2.67 bits per heavy atom. The summed E-state index contributed by atoms with van der Waals surface area (Å²) >= 11 is 1.65. The van der Waals surface area contributed by atoms with E-state index in [1.807, 2.05) is 11.7 Å². The molecule has 2 unspecified atom stereocenters. The zero-order chi connectivity index (χ0) is 8.39. The van der Waals surface area contributed by atoms with Crippen molar-refractivity contribution in [2.75, 3.05) is 13.2 Å². The van der Waals surface area contributed by atoms with E-state index in [4.69, 9.17) is 10.5 Å². The van der Waals surface area contributed by atoms with Crippen molar-refractivity contribution in [2.45, 2.75) is 12.5 Å². The molecule has 0 radical (unpaired) electrons. The molecule has 0 aromatic carbocycles. The van der Waals surface area contributed by atoms with E-state index in [0.29, 0.717) is 12.5 Å². The number of hydrogen-bond acceptors (Lipinski definition) is 4. The molecular formula is C8H12N2OS. The number of nitrogens with zero attached hydrogens (tertiary/aromatic N) is 1. The molecule has 1 aromatic heterocycles. The molecule has 0 aliphatic carbocycles. The summed E-state index contributed by atoms with van der Waals surface area (Å²) in [5, 5.41) is 0. The lowest BCUT2D eigenvalue weighted by Crippen LogP contribution is -2.17. The van der Waals surface area contributed by atoms with Crippen molar-refractivity contribution in [3.63, 3.8) is 0 Å². The summed E-state index contributed by atoms with van der Waals surface area (Å²) in [5.41, 5.74) is 7.47. The molecule has 2 rings (SSSR count). The maximum atomic E-state index is 5.63. The number of ether oxygens (including phenoxy) is 1. The summed E-state index contributed by atoms with van der Waals surface area (Å²) in [6.07, 6.45) is 3.17. The van der Waals surface area contributed by atoms with Crippen molar-refractivity contribution in [1.82, 2.24) is 4.98 Å². The first kappa shape index (κ1) is 8.16. The van der Waals surface area contributed by atoms with E-state index in [1.54, 1.807) is 11.3 Å². The van der Waals surface area contributed by atoms with Crippen LogP contribution in [0.1, 0.15) is 17.4 Å². The molecule has 2 atom stereocenters. The summed E-state index contributed by atoms with van der Waals surface area (Å²) in [6, 6.07) is 0. The summed E-state index contributed by atoms with van der Waals surface area (Å²) in [5.74, 6) is 0.491. The molecule has 2 N–H and O–H groups in total. The van der Waals surface area contributed by atoms with E-state index < -0.39 is 0 Å². The van der Waals surface area contributed by atoms with E-state index in [1.165, 1.54) is 4.88 Å². The molecule has 1 aliphatic rings.